The third-order valence-corrected chi connectivity index (χ3v) is 5.44. The molecule has 0 radical (unpaired) electrons. The summed E-state index contributed by atoms with van der Waals surface area (Å²) in [5.74, 6) is 0.559. The maximum absolute atomic E-state index is 12.7. The van der Waals surface area contributed by atoms with Crippen LogP contribution in [0.15, 0.2) is 6.07 Å². The number of likely N-dealkylation sites (tertiary alicyclic amines) is 1. The molecule has 1 saturated heterocycles. The van der Waals surface area contributed by atoms with E-state index in [1.54, 1.807) is 0 Å². The number of piperidine rings is 1. The fraction of sp³-hybridized carbons (Fsp3) is 0.600. The number of aliphatic hydroxyl groups excluding tert-OH is 1. The van der Waals surface area contributed by atoms with Crippen molar-refractivity contribution in [3.05, 3.63) is 16.6 Å². The number of hydrogen-bond acceptors (Lipinski definition) is 4. The molecule has 2 aromatic heterocycles. The van der Waals surface area contributed by atoms with Crippen LogP contribution in [0.5, 0.6) is 0 Å². The standard InChI is InChI=1S/C15H21N3O2S/c1-10-12-8-13(21-15(12)17(2)16-10)14(20)18-6-3-4-11(9-18)5-7-19/h8,11,19H,3-7,9H2,1-2H3. The summed E-state index contributed by atoms with van der Waals surface area (Å²) in [5.41, 5.74) is 0.972. The Balaban J connectivity index is 1.81. The number of aryl methyl sites for hydroxylation is 2. The Kier molecular flexibility index (Phi) is 3.99. The molecule has 114 valence electrons. The van der Waals surface area contributed by atoms with Crippen LogP contribution >= 0.6 is 11.3 Å². The lowest BCUT2D eigenvalue weighted by Crippen LogP contribution is -2.39. The van der Waals surface area contributed by atoms with E-state index in [4.69, 9.17) is 5.11 Å². The minimum Gasteiger partial charge on any atom is -0.396 e. The molecule has 2 aromatic rings. The number of aromatic nitrogens is 2. The van der Waals surface area contributed by atoms with E-state index in [1.807, 2.05) is 29.6 Å². The average molecular weight is 307 g/mol. The SMILES string of the molecule is Cc1nn(C)c2sc(C(=O)N3CCCC(CCO)C3)cc12. The smallest absolute Gasteiger partial charge is 0.264 e. The monoisotopic (exact) mass is 307 g/mol. The van der Waals surface area contributed by atoms with Crippen molar-refractivity contribution in [2.45, 2.75) is 26.2 Å². The molecule has 1 aliphatic heterocycles. The number of aliphatic hydroxyl groups is 1. The van der Waals surface area contributed by atoms with Crippen LogP contribution in [0.1, 0.15) is 34.6 Å². The average Bonchev–Trinajstić information content (AvgIpc) is 3.01. The molecule has 1 N–H and O–H groups in total. The molecular weight excluding hydrogens is 286 g/mol. The van der Waals surface area contributed by atoms with Gasteiger partial charge in [-0.15, -0.1) is 11.3 Å². The molecule has 1 amide bonds. The summed E-state index contributed by atoms with van der Waals surface area (Å²) in [6.07, 6.45) is 2.93. The van der Waals surface area contributed by atoms with Crippen molar-refractivity contribution in [3.63, 3.8) is 0 Å². The van der Waals surface area contributed by atoms with Crippen molar-refractivity contribution < 1.29 is 9.90 Å². The van der Waals surface area contributed by atoms with Gasteiger partial charge in [0.25, 0.3) is 5.91 Å². The number of fused-ring (bicyclic) bond motifs is 1. The topological polar surface area (TPSA) is 58.4 Å². The lowest BCUT2D eigenvalue weighted by molar-refractivity contribution is 0.0658. The zero-order chi connectivity index (χ0) is 15.0. The molecule has 0 bridgehead atoms. The van der Waals surface area contributed by atoms with Gasteiger partial charge < -0.3 is 10.0 Å². The fourth-order valence-electron chi connectivity index (χ4n) is 3.13. The molecule has 1 fully saturated rings. The fourth-order valence-corrected chi connectivity index (χ4v) is 4.23. The summed E-state index contributed by atoms with van der Waals surface area (Å²) in [6.45, 7) is 3.78. The van der Waals surface area contributed by atoms with E-state index in [9.17, 15) is 4.79 Å². The Bertz CT molecular complexity index is 625. The maximum atomic E-state index is 12.7. The predicted molar refractivity (Wildman–Crippen MR) is 83.7 cm³/mol. The number of carbonyl (C=O) groups is 1. The van der Waals surface area contributed by atoms with Gasteiger partial charge in [0.15, 0.2) is 0 Å². The van der Waals surface area contributed by atoms with Crippen LogP contribution in [0.2, 0.25) is 0 Å². The van der Waals surface area contributed by atoms with Gasteiger partial charge in [0.2, 0.25) is 0 Å². The Morgan fingerprint density at radius 1 is 1.57 bits per heavy atom. The Morgan fingerprint density at radius 3 is 3.10 bits per heavy atom. The summed E-state index contributed by atoms with van der Waals surface area (Å²) in [7, 11) is 1.91. The molecule has 1 atom stereocenters. The summed E-state index contributed by atoms with van der Waals surface area (Å²) < 4.78 is 1.84. The highest BCUT2D eigenvalue weighted by atomic mass is 32.1. The van der Waals surface area contributed by atoms with Gasteiger partial charge >= 0.3 is 0 Å². The lowest BCUT2D eigenvalue weighted by Gasteiger charge is -2.32. The third-order valence-electron chi connectivity index (χ3n) is 4.25. The molecule has 0 spiro atoms. The van der Waals surface area contributed by atoms with Crippen LogP contribution in [0, 0.1) is 12.8 Å². The zero-order valence-electron chi connectivity index (χ0n) is 12.5. The van der Waals surface area contributed by atoms with Gasteiger partial charge in [-0.05, 0) is 38.2 Å². The second kappa shape index (κ2) is 5.77. The third kappa shape index (κ3) is 2.70. The van der Waals surface area contributed by atoms with Crippen LogP contribution < -0.4 is 0 Å². The van der Waals surface area contributed by atoms with E-state index < -0.39 is 0 Å². The van der Waals surface area contributed by atoms with Gasteiger partial charge in [-0.25, -0.2) is 0 Å². The van der Waals surface area contributed by atoms with E-state index in [1.165, 1.54) is 11.3 Å². The van der Waals surface area contributed by atoms with Gasteiger partial charge in [-0.3, -0.25) is 9.48 Å². The first-order chi connectivity index (χ1) is 10.1. The minimum absolute atomic E-state index is 0.123. The lowest BCUT2D eigenvalue weighted by atomic mass is 9.95. The van der Waals surface area contributed by atoms with E-state index in [0.29, 0.717) is 5.92 Å². The van der Waals surface area contributed by atoms with E-state index in [0.717, 1.165) is 53.1 Å². The number of amides is 1. The molecule has 5 nitrogen and oxygen atoms in total. The van der Waals surface area contributed by atoms with Crippen LogP contribution in [-0.2, 0) is 7.05 Å². The first-order valence-electron chi connectivity index (χ1n) is 7.43. The van der Waals surface area contributed by atoms with Gasteiger partial charge in [0, 0.05) is 32.1 Å². The van der Waals surface area contributed by atoms with Crippen LogP contribution in [-0.4, -0.2) is 45.4 Å². The quantitative estimate of drug-likeness (QED) is 0.945. The first-order valence-corrected chi connectivity index (χ1v) is 8.25. The minimum atomic E-state index is 0.123. The Hall–Kier alpha value is -1.40. The molecule has 6 heteroatoms. The number of rotatable bonds is 3. The van der Waals surface area contributed by atoms with E-state index in [-0.39, 0.29) is 12.5 Å². The molecule has 3 heterocycles. The number of hydrogen-bond donors (Lipinski definition) is 1. The molecule has 1 unspecified atom stereocenters. The molecule has 0 aromatic carbocycles. The van der Waals surface area contributed by atoms with E-state index >= 15 is 0 Å². The van der Waals surface area contributed by atoms with Gasteiger partial charge in [-0.2, -0.15) is 5.10 Å². The summed E-state index contributed by atoms with van der Waals surface area (Å²) in [4.78, 5) is 16.5. The van der Waals surface area contributed by atoms with Crippen molar-refractivity contribution in [2.75, 3.05) is 19.7 Å². The zero-order valence-corrected chi connectivity index (χ0v) is 13.3. The van der Waals surface area contributed by atoms with Crippen molar-refractivity contribution in [1.82, 2.24) is 14.7 Å². The maximum Gasteiger partial charge on any atom is 0.264 e. The molecule has 3 rings (SSSR count). The number of nitrogens with zero attached hydrogens (tertiary/aromatic N) is 3. The largest absolute Gasteiger partial charge is 0.396 e. The molecule has 0 saturated carbocycles. The van der Waals surface area contributed by atoms with Gasteiger partial charge in [-0.1, -0.05) is 0 Å². The van der Waals surface area contributed by atoms with Crippen molar-refractivity contribution in [2.24, 2.45) is 13.0 Å². The van der Waals surface area contributed by atoms with Crippen LogP contribution in [0.3, 0.4) is 0 Å². The van der Waals surface area contributed by atoms with Gasteiger partial charge in [0.1, 0.15) is 4.83 Å². The summed E-state index contributed by atoms with van der Waals surface area (Å²) in [5, 5.41) is 14.5. The Labute approximate surface area is 128 Å². The van der Waals surface area contributed by atoms with Crippen molar-refractivity contribution >= 4 is 27.5 Å². The predicted octanol–water partition coefficient (Wildman–Crippen LogP) is 2.18. The Morgan fingerprint density at radius 2 is 2.38 bits per heavy atom. The van der Waals surface area contributed by atoms with Crippen molar-refractivity contribution in [1.29, 1.82) is 0 Å². The highest BCUT2D eigenvalue weighted by molar-refractivity contribution is 7.20. The first kappa shape index (κ1) is 14.5. The highest BCUT2D eigenvalue weighted by Gasteiger charge is 2.26. The molecule has 21 heavy (non-hydrogen) atoms. The molecule has 0 aliphatic carbocycles. The van der Waals surface area contributed by atoms with Crippen LogP contribution in [0.4, 0.5) is 0 Å². The number of thiophene rings is 1. The normalized spacial score (nSPS) is 19.4. The molecule has 1 aliphatic rings. The second-order valence-electron chi connectivity index (χ2n) is 5.81. The summed E-state index contributed by atoms with van der Waals surface area (Å²) >= 11 is 1.52. The highest BCUT2D eigenvalue weighted by Crippen LogP contribution is 2.30. The van der Waals surface area contributed by atoms with Gasteiger partial charge in [0.05, 0.1) is 10.6 Å². The van der Waals surface area contributed by atoms with Crippen molar-refractivity contribution in [3.8, 4) is 0 Å². The summed E-state index contributed by atoms with van der Waals surface area (Å²) in [6, 6.07) is 1.97. The van der Waals surface area contributed by atoms with Crippen LogP contribution in [0.25, 0.3) is 10.2 Å². The number of carbonyl (C=O) groups excluding carboxylic acids is 1. The van der Waals surface area contributed by atoms with E-state index in [2.05, 4.69) is 5.10 Å². The second-order valence-corrected chi connectivity index (χ2v) is 6.84. The molecular formula is C15H21N3O2S.